The molecule has 0 amide bonds. The highest BCUT2D eigenvalue weighted by atomic mass is 35.5. The molecule has 1 aromatic heterocycles. The van der Waals surface area contributed by atoms with Crippen molar-refractivity contribution in [3.05, 3.63) is 12.4 Å². The van der Waals surface area contributed by atoms with Crippen molar-refractivity contribution in [2.24, 2.45) is 0 Å². The van der Waals surface area contributed by atoms with E-state index in [1.807, 2.05) is 0 Å². The minimum atomic E-state index is -0.834. The van der Waals surface area contributed by atoms with Gasteiger partial charge in [0.25, 0.3) is 0 Å². The summed E-state index contributed by atoms with van der Waals surface area (Å²) in [6, 6.07) is 0. The van der Waals surface area contributed by atoms with E-state index in [-0.39, 0.29) is 18.8 Å². The molecular formula is C6H10ClN3O2. The van der Waals surface area contributed by atoms with Gasteiger partial charge in [-0.1, -0.05) is 0 Å². The number of aryl methyl sites for hydroxylation is 1. The molecule has 0 bridgehead atoms. The summed E-state index contributed by atoms with van der Waals surface area (Å²) in [5.74, 6) is -0.834. The minimum Gasteiger partial charge on any atom is -0.481 e. The number of aliphatic carboxylic acids is 1. The molecule has 6 heteroatoms. The Balaban J connectivity index is 0.00000121. The number of hydrogen-bond donors (Lipinski definition) is 2. The molecule has 1 aromatic rings. The highest BCUT2D eigenvalue weighted by Crippen LogP contribution is 1.98. The maximum atomic E-state index is 10.1. The predicted octanol–water partition coefficient (Wildman–Crippen LogP) is 0.362. The molecule has 0 aliphatic rings. The molecule has 0 atom stereocenters. The highest BCUT2D eigenvalue weighted by molar-refractivity contribution is 5.85. The molecule has 0 fully saturated rings. The Kier molecular flexibility index (Phi) is 4.14. The van der Waals surface area contributed by atoms with Crippen LogP contribution < -0.4 is 5.73 Å². The van der Waals surface area contributed by atoms with Gasteiger partial charge in [-0.15, -0.1) is 12.4 Å². The minimum absolute atomic E-state index is 0. The fraction of sp³-hybridized carbons (Fsp3) is 0.333. The van der Waals surface area contributed by atoms with Gasteiger partial charge in [-0.3, -0.25) is 9.48 Å². The molecule has 68 valence electrons. The van der Waals surface area contributed by atoms with Gasteiger partial charge in [-0.05, 0) is 0 Å². The summed E-state index contributed by atoms with van der Waals surface area (Å²) in [5.41, 5.74) is 5.91. The zero-order chi connectivity index (χ0) is 8.27. The molecule has 0 radical (unpaired) electrons. The quantitative estimate of drug-likeness (QED) is 0.723. The van der Waals surface area contributed by atoms with Crippen LogP contribution in [-0.2, 0) is 11.3 Å². The number of carboxylic acid groups (broad SMARTS) is 1. The highest BCUT2D eigenvalue weighted by Gasteiger charge is 1.98. The van der Waals surface area contributed by atoms with E-state index < -0.39 is 5.97 Å². The SMILES string of the molecule is Cl.Nc1cnn(CCC(=O)O)c1. The molecule has 1 heterocycles. The Morgan fingerprint density at radius 1 is 1.75 bits per heavy atom. The van der Waals surface area contributed by atoms with Gasteiger partial charge < -0.3 is 10.8 Å². The van der Waals surface area contributed by atoms with Crippen LogP contribution in [0.5, 0.6) is 0 Å². The van der Waals surface area contributed by atoms with Crippen LogP contribution in [0.2, 0.25) is 0 Å². The third-order valence-corrected chi connectivity index (χ3v) is 1.21. The van der Waals surface area contributed by atoms with Crippen molar-refractivity contribution >= 4 is 24.1 Å². The molecule has 3 N–H and O–H groups in total. The average molecular weight is 192 g/mol. The lowest BCUT2D eigenvalue weighted by molar-refractivity contribution is -0.137. The van der Waals surface area contributed by atoms with Gasteiger partial charge in [0, 0.05) is 6.20 Å². The predicted molar refractivity (Wildman–Crippen MR) is 46.1 cm³/mol. The lowest BCUT2D eigenvalue weighted by Crippen LogP contribution is -2.04. The average Bonchev–Trinajstić information content (AvgIpc) is 2.31. The Morgan fingerprint density at radius 3 is 2.83 bits per heavy atom. The van der Waals surface area contributed by atoms with Crippen molar-refractivity contribution in [2.75, 3.05) is 5.73 Å². The number of aromatic nitrogens is 2. The molecule has 0 saturated carbocycles. The lowest BCUT2D eigenvalue weighted by atomic mass is 10.4. The number of nitrogen functional groups attached to an aromatic ring is 1. The number of carboxylic acids is 1. The maximum absolute atomic E-state index is 10.1. The monoisotopic (exact) mass is 191 g/mol. The van der Waals surface area contributed by atoms with Gasteiger partial charge >= 0.3 is 5.97 Å². The number of halogens is 1. The van der Waals surface area contributed by atoms with E-state index in [2.05, 4.69) is 5.10 Å². The molecule has 0 spiro atoms. The van der Waals surface area contributed by atoms with Crippen LogP contribution in [0.15, 0.2) is 12.4 Å². The van der Waals surface area contributed by atoms with Crippen molar-refractivity contribution < 1.29 is 9.90 Å². The largest absolute Gasteiger partial charge is 0.481 e. The Hall–Kier alpha value is -1.23. The molecule has 0 saturated heterocycles. The fourth-order valence-corrected chi connectivity index (χ4v) is 0.712. The topological polar surface area (TPSA) is 81.1 Å². The van der Waals surface area contributed by atoms with E-state index >= 15 is 0 Å². The van der Waals surface area contributed by atoms with E-state index in [9.17, 15) is 4.79 Å². The molecule has 0 aliphatic carbocycles. The summed E-state index contributed by atoms with van der Waals surface area (Å²) in [4.78, 5) is 10.1. The Morgan fingerprint density at radius 2 is 2.42 bits per heavy atom. The van der Waals surface area contributed by atoms with Crippen molar-refractivity contribution in [1.82, 2.24) is 9.78 Å². The Bertz CT molecular complexity index is 261. The van der Waals surface area contributed by atoms with Crippen molar-refractivity contribution in [3.63, 3.8) is 0 Å². The first-order valence-corrected chi connectivity index (χ1v) is 3.18. The molecule has 0 aromatic carbocycles. The van der Waals surface area contributed by atoms with E-state index in [1.54, 1.807) is 6.20 Å². The summed E-state index contributed by atoms with van der Waals surface area (Å²) in [5, 5.41) is 12.1. The third kappa shape index (κ3) is 3.25. The second-order valence-corrected chi connectivity index (χ2v) is 2.18. The van der Waals surface area contributed by atoms with Gasteiger partial charge in [0.2, 0.25) is 0 Å². The zero-order valence-corrected chi connectivity index (χ0v) is 7.12. The smallest absolute Gasteiger partial charge is 0.305 e. The van der Waals surface area contributed by atoms with Crippen molar-refractivity contribution in [3.8, 4) is 0 Å². The van der Waals surface area contributed by atoms with Crippen LogP contribution in [-0.4, -0.2) is 20.9 Å². The number of nitrogens with zero attached hydrogens (tertiary/aromatic N) is 2. The first-order valence-electron chi connectivity index (χ1n) is 3.18. The lowest BCUT2D eigenvalue weighted by Gasteiger charge is -1.95. The van der Waals surface area contributed by atoms with Crippen LogP contribution in [0.25, 0.3) is 0 Å². The van der Waals surface area contributed by atoms with E-state index in [4.69, 9.17) is 10.8 Å². The van der Waals surface area contributed by atoms with Gasteiger partial charge in [-0.25, -0.2) is 0 Å². The molecular weight excluding hydrogens is 182 g/mol. The normalized spacial score (nSPS) is 9.00. The van der Waals surface area contributed by atoms with E-state index in [0.717, 1.165) is 0 Å². The first-order chi connectivity index (χ1) is 5.18. The van der Waals surface area contributed by atoms with Crippen LogP contribution in [0.3, 0.4) is 0 Å². The third-order valence-electron chi connectivity index (χ3n) is 1.21. The van der Waals surface area contributed by atoms with E-state index in [0.29, 0.717) is 12.2 Å². The summed E-state index contributed by atoms with van der Waals surface area (Å²) >= 11 is 0. The maximum Gasteiger partial charge on any atom is 0.305 e. The van der Waals surface area contributed by atoms with Gasteiger partial charge in [-0.2, -0.15) is 5.10 Å². The number of rotatable bonds is 3. The zero-order valence-electron chi connectivity index (χ0n) is 6.30. The molecule has 0 aliphatic heterocycles. The molecule has 5 nitrogen and oxygen atoms in total. The second kappa shape index (κ2) is 4.61. The first kappa shape index (κ1) is 10.8. The van der Waals surface area contributed by atoms with Gasteiger partial charge in [0.05, 0.1) is 24.8 Å². The number of carbonyl (C=O) groups is 1. The molecule has 1 rings (SSSR count). The number of hydrogen-bond acceptors (Lipinski definition) is 3. The summed E-state index contributed by atoms with van der Waals surface area (Å²) in [6.07, 6.45) is 3.16. The summed E-state index contributed by atoms with van der Waals surface area (Å²) < 4.78 is 1.50. The van der Waals surface area contributed by atoms with Crippen LogP contribution in [0.4, 0.5) is 5.69 Å². The molecule has 0 unspecified atom stereocenters. The number of anilines is 1. The molecule has 12 heavy (non-hydrogen) atoms. The van der Waals surface area contributed by atoms with Crippen molar-refractivity contribution in [2.45, 2.75) is 13.0 Å². The van der Waals surface area contributed by atoms with Crippen LogP contribution in [0, 0.1) is 0 Å². The summed E-state index contributed by atoms with van der Waals surface area (Å²) in [7, 11) is 0. The standard InChI is InChI=1S/C6H9N3O2.ClH/c7-5-3-8-9(4-5)2-1-6(10)11;/h3-4H,1-2,7H2,(H,10,11);1H. The number of nitrogens with two attached hydrogens (primary N) is 1. The Labute approximate surface area is 75.6 Å². The van der Waals surface area contributed by atoms with E-state index in [1.165, 1.54) is 10.9 Å². The second-order valence-electron chi connectivity index (χ2n) is 2.18. The van der Waals surface area contributed by atoms with Crippen LogP contribution in [0.1, 0.15) is 6.42 Å². The fourth-order valence-electron chi connectivity index (χ4n) is 0.712. The van der Waals surface area contributed by atoms with Crippen molar-refractivity contribution in [1.29, 1.82) is 0 Å². The summed E-state index contributed by atoms with van der Waals surface area (Å²) in [6.45, 7) is 0.368. The van der Waals surface area contributed by atoms with Gasteiger partial charge in [0.1, 0.15) is 0 Å². The van der Waals surface area contributed by atoms with Crippen LogP contribution >= 0.6 is 12.4 Å². The van der Waals surface area contributed by atoms with Gasteiger partial charge in [0.15, 0.2) is 0 Å².